The topological polar surface area (TPSA) is 139 Å². The van der Waals surface area contributed by atoms with Crippen molar-refractivity contribution in [1.29, 1.82) is 0 Å². The summed E-state index contributed by atoms with van der Waals surface area (Å²) in [5.41, 5.74) is -0.00575. The standard InChI is InChI=1S/C21H19N3O7/c1-31-21(28)16-12-23(9-10-25)20(27)18(16)22-17-8-7-14(24(29)30)11-15(17)19(26)13-5-3-2-4-6-13/h2-8,11,22,25H,9-10,12H2,1H3. The molecule has 2 aromatic carbocycles. The molecule has 0 bridgehead atoms. The zero-order valence-electron chi connectivity index (χ0n) is 16.5. The van der Waals surface area contributed by atoms with Crippen LogP contribution >= 0.6 is 0 Å². The normalized spacial score (nSPS) is 13.4. The number of non-ortho nitro benzene ring substituents is 1. The lowest BCUT2D eigenvalue weighted by Crippen LogP contribution is -2.31. The van der Waals surface area contributed by atoms with Gasteiger partial charge in [0.25, 0.3) is 11.6 Å². The van der Waals surface area contributed by atoms with Crippen molar-refractivity contribution in [1.82, 2.24) is 4.90 Å². The largest absolute Gasteiger partial charge is 0.466 e. The van der Waals surface area contributed by atoms with Gasteiger partial charge in [0.1, 0.15) is 5.70 Å². The Balaban J connectivity index is 2.07. The molecule has 0 aliphatic carbocycles. The summed E-state index contributed by atoms with van der Waals surface area (Å²) in [5.74, 6) is -1.80. The molecule has 1 aliphatic rings. The van der Waals surface area contributed by atoms with Crippen LogP contribution in [-0.2, 0) is 14.3 Å². The van der Waals surface area contributed by atoms with Gasteiger partial charge >= 0.3 is 5.97 Å². The fourth-order valence-corrected chi connectivity index (χ4v) is 3.17. The van der Waals surface area contributed by atoms with E-state index in [9.17, 15) is 29.6 Å². The maximum atomic E-state index is 13.0. The maximum absolute atomic E-state index is 13.0. The SMILES string of the molecule is COC(=O)C1=C(Nc2ccc([N+](=O)[O-])cc2C(=O)c2ccccc2)C(=O)N(CCO)C1. The van der Waals surface area contributed by atoms with Crippen molar-refractivity contribution < 1.29 is 29.2 Å². The molecule has 10 nitrogen and oxygen atoms in total. The third-order valence-corrected chi connectivity index (χ3v) is 4.71. The highest BCUT2D eigenvalue weighted by Crippen LogP contribution is 2.29. The first-order valence-electron chi connectivity index (χ1n) is 9.24. The van der Waals surface area contributed by atoms with Crippen molar-refractivity contribution in [2.24, 2.45) is 0 Å². The van der Waals surface area contributed by atoms with Gasteiger partial charge in [-0.25, -0.2) is 4.79 Å². The Morgan fingerprint density at radius 2 is 1.94 bits per heavy atom. The second-order valence-corrected chi connectivity index (χ2v) is 6.60. The summed E-state index contributed by atoms with van der Waals surface area (Å²) < 4.78 is 4.74. The number of anilines is 1. The zero-order valence-corrected chi connectivity index (χ0v) is 16.5. The van der Waals surface area contributed by atoms with Crippen molar-refractivity contribution >= 4 is 29.0 Å². The van der Waals surface area contributed by atoms with Crippen molar-refractivity contribution in [2.45, 2.75) is 0 Å². The predicted octanol–water partition coefficient (Wildman–Crippen LogP) is 1.50. The number of nitro groups is 1. The first-order chi connectivity index (χ1) is 14.9. The molecular formula is C21H19N3O7. The van der Waals surface area contributed by atoms with Gasteiger partial charge in [-0.2, -0.15) is 0 Å². The quantitative estimate of drug-likeness (QED) is 0.281. The molecule has 10 heteroatoms. The fourth-order valence-electron chi connectivity index (χ4n) is 3.17. The monoisotopic (exact) mass is 425 g/mol. The molecule has 0 aromatic heterocycles. The van der Waals surface area contributed by atoms with Crippen LogP contribution in [0, 0.1) is 10.1 Å². The van der Waals surface area contributed by atoms with Crippen LogP contribution in [0.3, 0.4) is 0 Å². The zero-order chi connectivity index (χ0) is 22.5. The Morgan fingerprint density at radius 1 is 1.23 bits per heavy atom. The van der Waals surface area contributed by atoms with E-state index in [-0.39, 0.29) is 47.9 Å². The van der Waals surface area contributed by atoms with Crippen LogP contribution in [0.2, 0.25) is 0 Å². The van der Waals surface area contributed by atoms with Gasteiger partial charge in [0, 0.05) is 24.2 Å². The number of aliphatic hydroxyl groups excluding tert-OH is 1. The van der Waals surface area contributed by atoms with Gasteiger partial charge in [-0.05, 0) is 6.07 Å². The number of esters is 1. The van der Waals surface area contributed by atoms with Gasteiger partial charge in [-0.3, -0.25) is 19.7 Å². The first-order valence-corrected chi connectivity index (χ1v) is 9.24. The number of ether oxygens (including phenoxy) is 1. The molecule has 2 aromatic rings. The number of nitrogens with one attached hydrogen (secondary N) is 1. The minimum atomic E-state index is -0.742. The third-order valence-electron chi connectivity index (χ3n) is 4.71. The molecule has 0 spiro atoms. The van der Waals surface area contributed by atoms with E-state index in [4.69, 9.17) is 4.74 Å². The Kier molecular flexibility index (Phi) is 6.41. The highest BCUT2D eigenvalue weighted by molar-refractivity contribution is 6.14. The number of β-amino-alcohol motifs (C(OH)–C–C–N with tert-alkyl or cyclic N) is 1. The molecule has 1 amide bonds. The molecule has 0 unspecified atom stereocenters. The Hall–Kier alpha value is -4.05. The van der Waals surface area contributed by atoms with E-state index in [1.807, 2.05) is 0 Å². The van der Waals surface area contributed by atoms with Gasteiger partial charge < -0.3 is 20.1 Å². The molecule has 31 heavy (non-hydrogen) atoms. The summed E-state index contributed by atoms with van der Waals surface area (Å²) in [6.45, 7) is -0.382. The van der Waals surface area contributed by atoms with E-state index in [1.54, 1.807) is 30.3 Å². The number of hydrogen-bond acceptors (Lipinski definition) is 8. The average molecular weight is 425 g/mol. The van der Waals surface area contributed by atoms with E-state index in [2.05, 4.69) is 5.32 Å². The van der Waals surface area contributed by atoms with E-state index < -0.39 is 22.6 Å². The number of hydrogen-bond donors (Lipinski definition) is 2. The molecule has 1 aliphatic heterocycles. The average Bonchev–Trinajstić information content (AvgIpc) is 3.09. The molecule has 0 fully saturated rings. The molecule has 0 saturated carbocycles. The van der Waals surface area contributed by atoms with Crippen LogP contribution < -0.4 is 5.32 Å². The van der Waals surface area contributed by atoms with E-state index in [0.717, 1.165) is 6.07 Å². The summed E-state index contributed by atoms with van der Waals surface area (Å²) in [4.78, 5) is 49.8. The van der Waals surface area contributed by atoms with Crippen molar-refractivity contribution in [3.63, 3.8) is 0 Å². The number of amides is 1. The van der Waals surface area contributed by atoms with Crippen LogP contribution in [0.4, 0.5) is 11.4 Å². The van der Waals surface area contributed by atoms with Gasteiger partial charge in [0.2, 0.25) is 0 Å². The van der Waals surface area contributed by atoms with Crippen LogP contribution in [0.25, 0.3) is 0 Å². The highest BCUT2D eigenvalue weighted by atomic mass is 16.6. The Morgan fingerprint density at radius 3 is 2.55 bits per heavy atom. The molecule has 160 valence electrons. The fraction of sp³-hybridized carbons (Fsp3) is 0.190. The van der Waals surface area contributed by atoms with Gasteiger partial charge in [-0.15, -0.1) is 0 Å². The summed E-state index contributed by atoms with van der Waals surface area (Å²) in [7, 11) is 1.17. The number of nitro benzene ring substituents is 1. The maximum Gasteiger partial charge on any atom is 0.337 e. The summed E-state index contributed by atoms with van der Waals surface area (Å²) >= 11 is 0. The number of methoxy groups -OCH3 is 1. The number of rotatable bonds is 8. The number of ketones is 1. The lowest BCUT2D eigenvalue weighted by Gasteiger charge is -2.16. The highest BCUT2D eigenvalue weighted by Gasteiger charge is 2.35. The molecular weight excluding hydrogens is 406 g/mol. The smallest absolute Gasteiger partial charge is 0.337 e. The van der Waals surface area contributed by atoms with Crippen molar-refractivity contribution in [2.75, 3.05) is 32.1 Å². The van der Waals surface area contributed by atoms with Crippen molar-refractivity contribution in [3.05, 3.63) is 81.0 Å². The number of benzene rings is 2. The number of carbonyl (C=O) groups excluding carboxylic acids is 3. The minimum absolute atomic E-state index is 0.000568. The summed E-state index contributed by atoms with van der Waals surface area (Å²) in [5, 5.41) is 23.2. The van der Waals surface area contributed by atoms with Crippen LogP contribution in [0.1, 0.15) is 15.9 Å². The molecule has 0 atom stereocenters. The predicted molar refractivity (Wildman–Crippen MR) is 109 cm³/mol. The number of carbonyl (C=O) groups is 3. The second-order valence-electron chi connectivity index (χ2n) is 6.60. The number of nitrogens with zero attached hydrogens (tertiary/aromatic N) is 2. The van der Waals surface area contributed by atoms with E-state index in [0.29, 0.717) is 5.56 Å². The Bertz CT molecular complexity index is 1080. The van der Waals surface area contributed by atoms with Gasteiger partial charge in [0.15, 0.2) is 5.78 Å². The van der Waals surface area contributed by atoms with Gasteiger partial charge in [0.05, 0.1) is 42.0 Å². The van der Waals surface area contributed by atoms with Crippen LogP contribution in [0.5, 0.6) is 0 Å². The Labute approximate surface area is 176 Å². The molecule has 0 saturated heterocycles. The first kappa shape index (κ1) is 21.7. The lowest BCUT2D eigenvalue weighted by molar-refractivity contribution is -0.384. The minimum Gasteiger partial charge on any atom is -0.466 e. The van der Waals surface area contributed by atoms with Gasteiger partial charge in [-0.1, -0.05) is 30.3 Å². The van der Waals surface area contributed by atoms with Crippen LogP contribution in [0.15, 0.2) is 59.8 Å². The van der Waals surface area contributed by atoms with Crippen LogP contribution in [-0.4, -0.2) is 59.4 Å². The molecule has 1 heterocycles. The summed E-state index contributed by atoms with van der Waals surface area (Å²) in [6.07, 6.45) is 0. The molecule has 3 rings (SSSR count). The number of aliphatic hydroxyl groups is 1. The van der Waals surface area contributed by atoms with E-state index >= 15 is 0 Å². The summed E-state index contributed by atoms with van der Waals surface area (Å²) in [6, 6.07) is 11.8. The third kappa shape index (κ3) is 4.43. The van der Waals surface area contributed by atoms with Crippen molar-refractivity contribution in [3.8, 4) is 0 Å². The second kappa shape index (κ2) is 9.18. The lowest BCUT2D eigenvalue weighted by atomic mass is 10.0. The molecule has 0 radical (unpaired) electrons. The van der Waals surface area contributed by atoms with E-state index in [1.165, 1.54) is 24.1 Å². The molecule has 2 N–H and O–H groups in total.